The molecule has 8 heteroatoms. The van der Waals surface area contributed by atoms with Crippen molar-refractivity contribution in [1.82, 2.24) is 4.31 Å². The fourth-order valence-electron chi connectivity index (χ4n) is 1.88. The summed E-state index contributed by atoms with van der Waals surface area (Å²) in [7, 11) is 0.652. The maximum atomic E-state index is 12.7. The minimum Gasteiger partial charge on any atom is -0.495 e. The molecular weight excluding hydrogens is 296 g/mol. The van der Waals surface area contributed by atoms with Gasteiger partial charge in [0.15, 0.2) is 0 Å². The molecule has 0 radical (unpaired) electrons. The van der Waals surface area contributed by atoms with Crippen LogP contribution in [0, 0.1) is 0 Å². The zero-order valence-electron chi connectivity index (χ0n) is 12.8. The summed E-state index contributed by atoms with van der Waals surface area (Å²) in [5, 5.41) is 0. The maximum absolute atomic E-state index is 12.7. The first-order chi connectivity index (χ1) is 9.92. The number of ether oxygens (including phenoxy) is 3. The number of likely N-dealkylation sites (N-methyl/N-ethyl adjacent to an activating group) is 1. The van der Waals surface area contributed by atoms with Crippen LogP contribution in [-0.2, 0) is 14.8 Å². The van der Waals surface area contributed by atoms with Crippen molar-refractivity contribution in [3.8, 4) is 11.5 Å². The summed E-state index contributed by atoms with van der Waals surface area (Å²) in [6.07, 6.45) is 0. The van der Waals surface area contributed by atoms with Gasteiger partial charge in [0, 0.05) is 26.3 Å². The molecule has 0 aromatic heterocycles. The largest absolute Gasteiger partial charge is 0.495 e. The minimum absolute atomic E-state index is 0.0150. The molecule has 0 aliphatic heterocycles. The lowest BCUT2D eigenvalue weighted by atomic mass is 10.3. The van der Waals surface area contributed by atoms with Crippen LogP contribution >= 0.6 is 0 Å². The molecule has 2 N–H and O–H groups in total. The predicted octanol–water partition coefficient (Wildman–Crippen LogP) is 0.943. The number of rotatable bonds is 8. The van der Waals surface area contributed by atoms with Gasteiger partial charge in [0.2, 0.25) is 10.0 Å². The Morgan fingerprint density at radius 1 is 1.14 bits per heavy atom. The van der Waals surface area contributed by atoms with E-state index in [-0.39, 0.29) is 22.9 Å². The van der Waals surface area contributed by atoms with E-state index in [1.165, 1.54) is 37.8 Å². The number of nitrogens with zero attached hydrogens (tertiary/aromatic N) is 1. The van der Waals surface area contributed by atoms with Crippen LogP contribution in [0.5, 0.6) is 11.5 Å². The highest BCUT2D eigenvalue weighted by Gasteiger charge is 2.27. The molecule has 120 valence electrons. The van der Waals surface area contributed by atoms with Gasteiger partial charge in [-0.2, -0.15) is 4.31 Å². The van der Waals surface area contributed by atoms with Crippen LogP contribution < -0.4 is 15.2 Å². The molecule has 0 unspecified atom stereocenters. The quantitative estimate of drug-likeness (QED) is 0.717. The Kier molecular flexibility index (Phi) is 6.25. The number of sulfonamides is 1. The van der Waals surface area contributed by atoms with E-state index in [9.17, 15) is 8.42 Å². The van der Waals surface area contributed by atoms with Crippen LogP contribution in [0.15, 0.2) is 17.0 Å². The zero-order valence-corrected chi connectivity index (χ0v) is 13.6. The first-order valence-corrected chi connectivity index (χ1v) is 7.86. The van der Waals surface area contributed by atoms with Crippen molar-refractivity contribution in [2.24, 2.45) is 0 Å². The van der Waals surface area contributed by atoms with Gasteiger partial charge in [-0.15, -0.1) is 0 Å². The van der Waals surface area contributed by atoms with Crippen molar-refractivity contribution in [1.29, 1.82) is 0 Å². The highest BCUT2D eigenvalue weighted by molar-refractivity contribution is 7.89. The van der Waals surface area contributed by atoms with Crippen molar-refractivity contribution in [2.75, 3.05) is 46.8 Å². The van der Waals surface area contributed by atoms with Crippen LogP contribution in [-0.4, -0.2) is 53.7 Å². The third-order valence-corrected chi connectivity index (χ3v) is 5.03. The van der Waals surface area contributed by atoms with E-state index < -0.39 is 10.0 Å². The van der Waals surface area contributed by atoms with Crippen molar-refractivity contribution < 1.29 is 22.6 Å². The lowest BCUT2D eigenvalue weighted by Crippen LogP contribution is -2.34. The van der Waals surface area contributed by atoms with E-state index in [0.717, 1.165) is 0 Å². The van der Waals surface area contributed by atoms with Crippen LogP contribution in [0.2, 0.25) is 0 Å². The molecule has 0 fully saturated rings. The average molecular weight is 318 g/mol. The standard InChI is InChI=1S/C13H22N2O5S/c1-5-15(6-7-18-2)21(16,17)13-8-10(14)11(19-3)9-12(13)20-4/h8-9H,5-7,14H2,1-4H3. The van der Waals surface area contributed by atoms with Gasteiger partial charge in [-0.3, -0.25) is 0 Å². The lowest BCUT2D eigenvalue weighted by molar-refractivity contribution is 0.180. The fraction of sp³-hybridized carbons (Fsp3) is 0.538. The van der Waals surface area contributed by atoms with Gasteiger partial charge in [-0.25, -0.2) is 8.42 Å². The van der Waals surface area contributed by atoms with E-state index in [4.69, 9.17) is 19.9 Å². The molecule has 0 aliphatic rings. The monoisotopic (exact) mass is 318 g/mol. The van der Waals surface area contributed by atoms with Crippen LogP contribution in [0.1, 0.15) is 6.92 Å². The summed E-state index contributed by atoms with van der Waals surface area (Å²) in [5.41, 5.74) is 6.04. The Labute approximate surface area is 125 Å². The summed E-state index contributed by atoms with van der Waals surface area (Å²) in [5.74, 6) is 0.558. The summed E-state index contributed by atoms with van der Waals surface area (Å²) in [4.78, 5) is 0.0150. The smallest absolute Gasteiger partial charge is 0.246 e. The molecule has 0 saturated carbocycles. The number of anilines is 1. The number of nitrogen functional groups attached to an aromatic ring is 1. The topological polar surface area (TPSA) is 91.1 Å². The fourth-order valence-corrected chi connectivity index (χ4v) is 3.48. The molecule has 0 saturated heterocycles. The first kappa shape index (κ1) is 17.5. The Balaban J connectivity index is 3.32. The Morgan fingerprint density at radius 2 is 1.76 bits per heavy atom. The SMILES string of the molecule is CCN(CCOC)S(=O)(=O)c1cc(N)c(OC)cc1OC. The van der Waals surface area contributed by atoms with E-state index >= 15 is 0 Å². The van der Waals surface area contributed by atoms with Gasteiger partial charge in [0.1, 0.15) is 16.4 Å². The summed E-state index contributed by atoms with van der Waals surface area (Å²) in [6.45, 7) is 2.64. The number of hydrogen-bond donors (Lipinski definition) is 1. The molecule has 0 spiro atoms. The molecule has 0 atom stereocenters. The van der Waals surface area contributed by atoms with Crippen molar-refractivity contribution >= 4 is 15.7 Å². The van der Waals surface area contributed by atoms with E-state index in [1.807, 2.05) is 0 Å². The summed E-state index contributed by atoms with van der Waals surface area (Å²) in [6, 6.07) is 2.81. The predicted molar refractivity (Wildman–Crippen MR) is 80.3 cm³/mol. The molecule has 21 heavy (non-hydrogen) atoms. The molecule has 7 nitrogen and oxygen atoms in total. The Morgan fingerprint density at radius 3 is 2.24 bits per heavy atom. The molecule has 0 aliphatic carbocycles. The van der Waals surface area contributed by atoms with Gasteiger partial charge >= 0.3 is 0 Å². The normalized spacial score (nSPS) is 11.7. The highest BCUT2D eigenvalue weighted by atomic mass is 32.2. The second-order valence-electron chi connectivity index (χ2n) is 4.23. The van der Waals surface area contributed by atoms with E-state index in [0.29, 0.717) is 18.9 Å². The van der Waals surface area contributed by atoms with Gasteiger partial charge in [-0.1, -0.05) is 6.92 Å². The minimum atomic E-state index is -3.72. The number of hydrogen-bond acceptors (Lipinski definition) is 6. The average Bonchev–Trinajstić information content (AvgIpc) is 2.47. The molecule has 1 rings (SSSR count). The van der Waals surface area contributed by atoms with Crippen LogP contribution in [0.4, 0.5) is 5.69 Å². The molecule has 1 aromatic carbocycles. The van der Waals surface area contributed by atoms with Gasteiger partial charge in [0.25, 0.3) is 0 Å². The second kappa shape index (κ2) is 7.48. The highest BCUT2D eigenvalue weighted by Crippen LogP contribution is 2.35. The molecule has 1 aromatic rings. The van der Waals surface area contributed by atoms with Crippen LogP contribution in [0.25, 0.3) is 0 Å². The maximum Gasteiger partial charge on any atom is 0.246 e. The van der Waals surface area contributed by atoms with Gasteiger partial charge in [0.05, 0.1) is 26.5 Å². The van der Waals surface area contributed by atoms with E-state index in [1.54, 1.807) is 6.92 Å². The Bertz CT molecular complexity index is 574. The van der Waals surface area contributed by atoms with Crippen molar-refractivity contribution in [2.45, 2.75) is 11.8 Å². The molecule has 0 bridgehead atoms. The lowest BCUT2D eigenvalue weighted by Gasteiger charge is -2.22. The second-order valence-corrected chi connectivity index (χ2v) is 6.14. The van der Waals surface area contributed by atoms with Gasteiger partial charge < -0.3 is 19.9 Å². The Hall–Kier alpha value is -1.51. The van der Waals surface area contributed by atoms with Crippen molar-refractivity contribution in [3.05, 3.63) is 12.1 Å². The first-order valence-electron chi connectivity index (χ1n) is 6.42. The number of benzene rings is 1. The molecular formula is C13H22N2O5S. The molecule has 0 heterocycles. The summed E-state index contributed by atoms with van der Waals surface area (Å²) < 4.78 is 41.9. The van der Waals surface area contributed by atoms with Crippen molar-refractivity contribution in [3.63, 3.8) is 0 Å². The van der Waals surface area contributed by atoms with Gasteiger partial charge in [-0.05, 0) is 6.07 Å². The summed E-state index contributed by atoms with van der Waals surface area (Å²) >= 11 is 0. The zero-order chi connectivity index (χ0) is 16.0. The van der Waals surface area contributed by atoms with E-state index in [2.05, 4.69) is 0 Å². The third-order valence-electron chi connectivity index (χ3n) is 3.03. The molecule has 0 amide bonds. The van der Waals surface area contributed by atoms with Crippen LogP contribution in [0.3, 0.4) is 0 Å². The third kappa shape index (κ3) is 3.78. The number of methoxy groups -OCH3 is 3. The number of nitrogens with two attached hydrogens (primary N) is 1.